The van der Waals surface area contributed by atoms with E-state index in [4.69, 9.17) is 5.10 Å². The Morgan fingerprint density at radius 3 is 2.60 bits per heavy atom. The molecule has 2 aliphatic carbocycles. The van der Waals surface area contributed by atoms with Crippen LogP contribution in [0.25, 0.3) is 5.52 Å². The van der Waals surface area contributed by atoms with Gasteiger partial charge >= 0.3 is 0 Å². The Morgan fingerprint density at radius 1 is 1.20 bits per heavy atom. The van der Waals surface area contributed by atoms with Crippen molar-refractivity contribution in [2.45, 2.75) is 63.7 Å². The van der Waals surface area contributed by atoms with E-state index < -0.39 is 0 Å². The van der Waals surface area contributed by atoms with Crippen molar-refractivity contribution >= 4 is 5.52 Å². The van der Waals surface area contributed by atoms with E-state index in [9.17, 15) is 4.79 Å². The number of hydrogen-bond acceptors (Lipinski definition) is 3. The van der Waals surface area contributed by atoms with Crippen LogP contribution < -0.4 is 5.56 Å². The molecule has 0 saturated heterocycles. The summed E-state index contributed by atoms with van der Waals surface area (Å²) in [5, 5.41) is 4.75. The van der Waals surface area contributed by atoms with E-state index in [1.165, 1.54) is 25.7 Å². The topological polar surface area (TPSA) is 63.1 Å². The fourth-order valence-electron chi connectivity index (χ4n) is 3.35. The van der Waals surface area contributed by atoms with Crippen LogP contribution >= 0.6 is 0 Å². The number of rotatable bonds is 3. The van der Waals surface area contributed by atoms with Gasteiger partial charge in [-0.15, -0.1) is 0 Å². The molecule has 1 N–H and O–H groups in total. The van der Waals surface area contributed by atoms with Crippen molar-refractivity contribution in [3.63, 3.8) is 0 Å². The zero-order valence-corrected chi connectivity index (χ0v) is 11.9. The van der Waals surface area contributed by atoms with Crippen LogP contribution in [0.2, 0.25) is 0 Å². The third kappa shape index (κ3) is 1.79. The summed E-state index contributed by atoms with van der Waals surface area (Å²) >= 11 is 0. The molecule has 2 heterocycles. The number of hydrogen-bond donors (Lipinski definition) is 1. The molecule has 2 aliphatic rings. The molecule has 4 rings (SSSR count). The van der Waals surface area contributed by atoms with Gasteiger partial charge in [0.15, 0.2) is 5.52 Å². The molecule has 0 bridgehead atoms. The average molecular weight is 272 g/mol. The first kappa shape index (κ1) is 12.1. The second-order valence-corrected chi connectivity index (χ2v) is 6.13. The molecular weight excluding hydrogens is 252 g/mol. The first-order valence-corrected chi connectivity index (χ1v) is 7.79. The van der Waals surface area contributed by atoms with Crippen molar-refractivity contribution < 1.29 is 0 Å². The Kier molecular flexibility index (Phi) is 2.69. The molecule has 0 atom stereocenters. The molecular formula is C15H20N4O. The number of nitrogens with one attached hydrogen (secondary N) is 1. The first-order valence-electron chi connectivity index (χ1n) is 7.79. The molecule has 5 nitrogen and oxygen atoms in total. The molecule has 2 fully saturated rings. The van der Waals surface area contributed by atoms with Crippen LogP contribution in [-0.4, -0.2) is 19.6 Å². The third-order valence-corrected chi connectivity index (χ3v) is 4.64. The maximum absolute atomic E-state index is 12.4. The van der Waals surface area contributed by atoms with E-state index in [1.807, 2.05) is 11.4 Å². The fourth-order valence-corrected chi connectivity index (χ4v) is 3.35. The highest BCUT2D eigenvalue weighted by atomic mass is 16.1. The lowest BCUT2D eigenvalue weighted by Gasteiger charge is -2.08. The quantitative estimate of drug-likeness (QED) is 0.933. The number of imidazole rings is 1. The molecule has 0 aliphatic heterocycles. The number of aromatic amines is 1. The minimum atomic E-state index is -0.0156. The Hall–Kier alpha value is -1.65. The van der Waals surface area contributed by atoms with Gasteiger partial charge in [0.25, 0.3) is 5.56 Å². The largest absolute Gasteiger partial charge is 0.307 e. The van der Waals surface area contributed by atoms with Gasteiger partial charge in [0.2, 0.25) is 0 Å². The lowest BCUT2D eigenvalue weighted by Crippen LogP contribution is -2.19. The van der Waals surface area contributed by atoms with Crippen molar-refractivity contribution in [3.8, 4) is 0 Å². The van der Waals surface area contributed by atoms with Crippen LogP contribution in [0.3, 0.4) is 0 Å². The van der Waals surface area contributed by atoms with Gasteiger partial charge in [-0.25, -0.2) is 9.50 Å². The minimum absolute atomic E-state index is 0.0156. The van der Waals surface area contributed by atoms with Gasteiger partial charge in [0.05, 0.1) is 5.69 Å². The van der Waals surface area contributed by atoms with Crippen molar-refractivity contribution in [2.75, 3.05) is 0 Å². The lowest BCUT2D eigenvalue weighted by atomic mass is 10.1. The molecule has 2 aromatic rings. The van der Waals surface area contributed by atoms with E-state index in [2.05, 4.69) is 9.97 Å². The monoisotopic (exact) mass is 272 g/mol. The van der Waals surface area contributed by atoms with Crippen molar-refractivity contribution in [1.82, 2.24) is 19.6 Å². The predicted octanol–water partition coefficient (Wildman–Crippen LogP) is 2.52. The zero-order chi connectivity index (χ0) is 13.7. The highest BCUT2D eigenvalue weighted by molar-refractivity contribution is 5.51. The van der Waals surface area contributed by atoms with E-state index >= 15 is 0 Å². The SMILES string of the molecule is CCc1nc(C2CC2)n2nc(C3CCCC3)[nH]c(=O)c12. The summed E-state index contributed by atoms with van der Waals surface area (Å²) in [6.07, 6.45) is 7.90. The smallest absolute Gasteiger partial charge is 0.277 e. The Morgan fingerprint density at radius 2 is 1.95 bits per heavy atom. The van der Waals surface area contributed by atoms with Crippen LogP contribution in [0.4, 0.5) is 0 Å². The van der Waals surface area contributed by atoms with E-state index in [1.54, 1.807) is 0 Å². The highest BCUT2D eigenvalue weighted by Gasteiger charge is 2.31. The van der Waals surface area contributed by atoms with Crippen molar-refractivity contribution in [2.24, 2.45) is 0 Å². The molecule has 0 unspecified atom stereocenters. The van der Waals surface area contributed by atoms with Gasteiger partial charge in [-0.05, 0) is 32.1 Å². The third-order valence-electron chi connectivity index (χ3n) is 4.64. The van der Waals surface area contributed by atoms with Gasteiger partial charge in [0.1, 0.15) is 11.6 Å². The normalized spacial score (nSPS) is 20.1. The first-order chi connectivity index (χ1) is 9.78. The Balaban J connectivity index is 1.92. The summed E-state index contributed by atoms with van der Waals surface area (Å²) in [7, 11) is 0. The molecule has 0 spiro atoms. The minimum Gasteiger partial charge on any atom is -0.307 e. The molecule has 0 radical (unpaired) electrons. The van der Waals surface area contributed by atoms with Crippen LogP contribution in [0, 0.1) is 0 Å². The van der Waals surface area contributed by atoms with Crippen LogP contribution in [-0.2, 0) is 6.42 Å². The Labute approximate surface area is 117 Å². The van der Waals surface area contributed by atoms with Gasteiger partial charge in [0, 0.05) is 11.8 Å². The van der Waals surface area contributed by atoms with Gasteiger partial charge in [-0.1, -0.05) is 19.8 Å². The van der Waals surface area contributed by atoms with Crippen molar-refractivity contribution in [3.05, 3.63) is 27.7 Å². The predicted molar refractivity (Wildman–Crippen MR) is 76.2 cm³/mol. The van der Waals surface area contributed by atoms with Crippen molar-refractivity contribution in [1.29, 1.82) is 0 Å². The number of H-pyrrole nitrogens is 1. The van der Waals surface area contributed by atoms with E-state index in [-0.39, 0.29) is 5.56 Å². The molecule has 106 valence electrons. The van der Waals surface area contributed by atoms with Gasteiger partial charge in [-0.2, -0.15) is 5.10 Å². The highest BCUT2D eigenvalue weighted by Crippen LogP contribution is 2.39. The molecule has 5 heteroatoms. The number of aryl methyl sites for hydroxylation is 1. The fraction of sp³-hybridized carbons (Fsp3) is 0.667. The number of nitrogens with zero attached hydrogens (tertiary/aromatic N) is 3. The van der Waals surface area contributed by atoms with Gasteiger partial charge < -0.3 is 4.98 Å². The number of fused-ring (bicyclic) bond motifs is 1. The van der Waals surface area contributed by atoms with E-state index in [0.29, 0.717) is 17.4 Å². The summed E-state index contributed by atoms with van der Waals surface area (Å²) in [6, 6.07) is 0. The number of aromatic nitrogens is 4. The van der Waals surface area contributed by atoms with E-state index in [0.717, 1.165) is 36.6 Å². The zero-order valence-electron chi connectivity index (χ0n) is 11.9. The van der Waals surface area contributed by atoms with Gasteiger partial charge in [-0.3, -0.25) is 4.79 Å². The maximum atomic E-state index is 12.4. The lowest BCUT2D eigenvalue weighted by molar-refractivity contribution is 0.627. The maximum Gasteiger partial charge on any atom is 0.277 e. The summed E-state index contributed by atoms with van der Waals surface area (Å²) in [4.78, 5) is 20.1. The van der Waals surface area contributed by atoms with Crippen LogP contribution in [0.15, 0.2) is 4.79 Å². The molecule has 2 aromatic heterocycles. The summed E-state index contributed by atoms with van der Waals surface area (Å²) < 4.78 is 1.85. The molecule has 2 saturated carbocycles. The summed E-state index contributed by atoms with van der Waals surface area (Å²) in [6.45, 7) is 2.04. The summed E-state index contributed by atoms with van der Waals surface area (Å²) in [5.74, 6) is 2.80. The molecule has 20 heavy (non-hydrogen) atoms. The second kappa shape index (κ2) is 4.43. The Bertz CT molecular complexity index is 704. The van der Waals surface area contributed by atoms with Crippen LogP contribution in [0.5, 0.6) is 0 Å². The second-order valence-electron chi connectivity index (χ2n) is 6.13. The average Bonchev–Trinajstić information content (AvgIpc) is 3.02. The molecule has 0 amide bonds. The van der Waals surface area contributed by atoms with Crippen LogP contribution in [0.1, 0.15) is 74.6 Å². The molecule has 0 aromatic carbocycles. The summed E-state index contributed by atoms with van der Waals surface area (Å²) in [5.41, 5.74) is 1.54. The standard InChI is InChI=1S/C15H20N4O/c1-2-11-12-15(20)17-13(9-5-3-4-6-9)18-19(12)14(16-11)10-7-8-10/h9-10H,2-8H2,1H3,(H,17,18,20).